The van der Waals surface area contributed by atoms with Crippen LogP contribution in [0.1, 0.15) is 37.8 Å². The van der Waals surface area contributed by atoms with Gasteiger partial charge in [-0.25, -0.2) is 0 Å². The SMILES string of the molecule is c1cnnc(CNC2C3CC4CC(C3)CC2C4)c1. The second kappa shape index (κ2) is 4.30. The number of aromatic nitrogens is 2. The lowest BCUT2D eigenvalue weighted by atomic mass is 9.54. The van der Waals surface area contributed by atoms with E-state index in [4.69, 9.17) is 0 Å². The van der Waals surface area contributed by atoms with Crippen LogP contribution in [0.3, 0.4) is 0 Å². The predicted octanol–water partition coefficient (Wildman–Crippen LogP) is 2.39. The lowest BCUT2D eigenvalue weighted by molar-refractivity contribution is -0.0143. The second-order valence-corrected chi connectivity index (χ2v) is 6.55. The van der Waals surface area contributed by atoms with E-state index in [-0.39, 0.29) is 0 Å². The number of nitrogens with zero attached hydrogens (tertiary/aromatic N) is 2. The van der Waals surface area contributed by atoms with Crippen LogP contribution in [0.15, 0.2) is 18.3 Å². The molecule has 0 aliphatic heterocycles. The Morgan fingerprint density at radius 3 is 2.39 bits per heavy atom. The zero-order valence-corrected chi connectivity index (χ0v) is 10.8. The Morgan fingerprint density at radius 2 is 1.78 bits per heavy atom. The van der Waals surface area contributed by atoms with Crippen molar-refractivity contribution in [3.8, 4) is 0 Å². The summed E-state index contributed by atoms with van der Waals surface area (Å²) in [4.78, 5) is 0. The summed E-state index contributed by atoms with van der Waals surface area (Å²) in [5.74, 6) is 4.00. The maximum Gasteiger partial charge on any atom is 0.0769 e. The normalized spacial score (nSPS) is 41.2. The molecule has 4 saturated carbocycles. The predicted molar refractivity (Wildman–Crippen MR) is 69.7 cm³/mol. The summed E-state index contributed by atoms with van der Waals surface area (Å²) in [5.41, 5.74) is 1.08. The van der Waals surface area contributed by atoms with Crippen LogP contribution in [0, 0.1) is 23.7 Å². The molecule has 1 heterocycles. The molecule has 0 spiro atoms. The molecule has 0 unspecified atom stereocenters. The van der Waals surface area contributed by atoms with Crippen molar-refractivity contribution in [2.24, 2.45) is 23.7 Å². The van der Waals surface area contributed by atoms with Crippen molar-refractivity contribution in [2.45, 2.75) is 44.7 Å². The zero-order chi connectivity index (χ0) is 11.9. The van der Waals surface area contributed by atoms with E-state index in [1.807, 2.05) is 6.07 Å². The van der Waals surface area contributed by atoms with Gasteiger partial charge in [-0.05, 0) is 67.9 Å². The fourth-order valence-electron chi connectivity index (χ4n) is 4.91. The van der Waals surface area contributed by atoms with Gasteiger partial charge in [-0.1, -0.05) is 0 Å². The first-order chi connectivity index (χ1) is 8.88. The van der Waals surface area contributed by atoms with Crippen molar-refractivity contribution in [3.63, 3.8) is 0 Å². The van der Waals surface area contributed by atoms with Crippen LogP contribution in [-0.2, 0) is 6.54 Å². The van der Waals surface area contributed by atoms with Crippen LogP contribution in [0.2, 0.25) is 0 Å². The quantitative estimate of drug-likeness (QED) is 0.885. The Bertz CT molecular complexity index is 389. The molecule has 5 rings (SSSR count). The first kappa shape index (κ1) is 10.9. The minimum Gasteiger partial charge on any atom is -0.308 e. The molecule has 4 bridgehead atoms. The summed E-state index contributed by atoms with van der Waals surface area (Å²) in [7, 11) is 0. The molecule has 4 fully saturated rings. The minimum atomic E-state index is 0.750. The monoisotopic (exact) mass is 243 g/mol. The number of nitrogens with one attached hydrogen (secondary N) is 1. The van der Waals surface area contributed by atoms with Crippen LogP contribution < -0.4 is 5.32 Å². The molecule has 0 aromatic carbocycles. The molecule has 1 N–H and O–H groups in total. The molecule has 0 amide bonds. The highest BCUT2D eigenvalue weighted by Crippen LogP contribution is 2.53. The van der Waals surface area contributed by atoms with Gasteiger partial charge in [-0.3, -0.25) is 0 Å². The van der Waals surface area contributed by atoms with Gasteiger partial charge in [-0.2, -0.15) is 10.2 Å². The van der Waals surface area contributed by atoms with E-state index in [0.717, 1.165) is 42.0 Å². The van der Waals surface area contributed by atoms with E-state index in [0.29, 0.717) is 0 Å². The summed E-state index contributed by atoms with van der Waals surface area (Å²) in [6.45, 7) is 0.890. The van der Waals surface area contributed by atoms with Crippen molar-refractivity contribution in [2.75, 3.05) is 0 Å². The minimum absolute atomic E-state index is 0.750. The number of rotatable bonds is 3. The molecular formula is C15H21N3. The standard InChI is InChI=1S/C15H21N3/c1-2-14(18-17-3-1)9-16-15-12-5-10-4-11(7-12)8-13(15)6-10/h1-3,10-13,15-16H,4-9H2. The van der Waals surface area contributed by atoms with Crippen LogP contribution >= 0.6 is 0 Å². The van der Waals surface area contributed by atoms with Gasteiger partial charge in [-0.15, -0.1) is 0 Å². The third kappa shape index (κ3) is 1.85. The van der Waals surface area contributed by atoms with Crippen LogP contribution in [0.5, 0.6) is 0 Å². The summed E-state index contributed by atoms with van der Waals surface area (Å²) in [6, 6.07) is 4.79. The molecule has 0 radical (unpaired) electrons. The molecule has 3 nitrogen and oxygen atoms in total. The smallest absolute Gasteiger partial charge is 0.0769 e. The highest BCUT2D eigenvalue weighted by atomic mass is 15.1. The zero-order valence-electron chi connectivity index (χ0n) is 10.8. The van der Waals surface area contributed by atoms with Gasteiger partial charge < -0.3 is 5.32 Å². The van der Waals surface area contributed by atoms with Gasteiger partial charge >= 0.3 is 0 Å². The van der Waals surface area contributed by atoms with Gasteiger partial charge in [0.15, 0.2) is 0 Å². The summed E-state index contributed by atoms with van der Waals surface area (Å²) in [5, 5.41) is 11.9. The molecule has 3 heteroatoms. The summed E-state index contributed by atoms with van der Waals surface area (Å²) in [6.07, 6.45) is 9.18. The molecular weight excluding hydrogens is 222 g/mol. The van der Waals surface area contributed by atoms with E-state index in [1.54, 1.807) is 6.20 Å². The second-order valence-electron chi connectivity index (χ2n) is 6.55. The van der Waals surface area contributed by atoms with Crippen molar-refractivity contribution >= 4 is 0 Å². The van der Waals surface area contributed by atoms with E-state index in [9.17, 15) is 0 Å². The molecule has 18 heavy (non-hydrogen) atoms. The summed E-state index contributed by atoms with van der Waals surface area (Å²) >= 11 is 0. The fraction of sp³-hybridized carbons (Fsp3) is 0.733. The van der Waals surface area contributed by atoms with Gasteiger partial charge in [0.2, 0.25) is 0 Å². The van der Waals surface area contributed by atoms with Crippen molar-refractivity contribution in [3.05, 3.63) is 24.0 Å². The lowest BCUT2D eigenvalue weighted by Crippen LogP contribution is -2.54. The van der Waals surface area contributed by atoms with Crippen LogP contribution in [0.25, 0.3) is 0 Å². The first-order valence-electron chi connectivity index (χ1n) is 7.38. The average Bonchev–Trinajstić information content (AvgIpc) is 2.38. The number of hydrogen-bond acceptors (Lipinski definition) is 3. The summed E-state index contributed by atoms with van der Waals surface area (Å²) < 4.78 is 0. The van der Waals surface area contributed by atoms with Crippen LogP contribution in [0.4, 0.5) is 0 Å². The van der Waals surface area contributed by atoms with E-state index in [2.05, 4.69) is 21.6 Å². The molecule has 96 valence electrons. The van der Waals surface area contributed by atoms with Crippen LogP contribution in [-0.4, -0.2) is 16.2 Å². The molecule has 1 aromatic heterocycles. The molecule has 0 atom stereocenters. The highest BCUT2D eigenvalue weighted by Gasteiger charge is 2.47. The Balaban J connectivity index is 1.43. The van der Waals surface area contributed by atoms with Gasteiger partial charge in [0.05, 0.1) is 5.69 Å². The molecule has 0 saturated heterocycles. The van der Waals surface area contributed by atoms with E-state index >= 15 is 0 Å². The first-order valence-corrected chi connectivity index (χ1v) is 7.38. The van der Waals surface area contributed by atoms with Crippen molar-refractivity contribution in [1.29, 1.82) is 0 Å². The van der Waals surface area contributed by atoms with Crippen molar-refractivity contribution < 1.29 is 0 Å². The Morgan fingerprint density at radius 1 is 1.06 bits per heavy atom. The highest BCUT2D eigenvalue weighted by molar-refractivity contribution is 5.04. The third-order valence-electron chi connectivity index (χ3n) is 5.37. The lowest BCUT2D eigenvalue weighted by Gasteiger charge is -2.54. The molecule has 4 aliphatic carbocycles. The average molecular weight is 243 g/mol. The van der Waals surface area contributed by atoms with Gasteiger partial charge in [0, 0.05) is 18.8 Å². The Labute approximate surface area is 108 Å². The maximum absolute atomic E-state index is 4.17. The van der Waals surface area contributed by atoms with Gasteiger partial charge in [0.1, 0.15) is 0 Å². The van der Waals surface area contributed by atoms with Crippen molar-refractivity contribution in [1.82, 2.24) is 15.5 Å². The topological polar surface area (TPSA) is 37.8 Å². The Hall–Kier alpha value is -0.960. The third-order valence-corrected chi connectivity index (χ3v) is 5.37. The number of hydrogen-bond donors (Lipinski definition) is 1. The molecule has 4 aliphatic rings. The maximum atomic E-state index is 4.17. The van der Waals surface area contributed by atoms with E-state index < -0.39 is 0 Å². The molecule has 1 aromatic rings. The van der Waals surface area contributed by atoms with Gasteiger partial charge in [0.25, 0.3) is 0 Å². The fourth-order valence-corrected chi connectivity index (χ4v) is 4.91. The van der Waals surface area contributed by atoms with E-state index in [1.165, 1.54) is 32.1 Å². The Kier molecular flexibility index (Phi) is 2.61. The largest absolute Gasteiger partial charge is 0.308 e.